The summed E-state index contributed by atoms with van der Waals surface area (Å²) in [4.78, 5) is 27.0. The van der Waals surface area contributed by atoms with Gasteiger partial charge in [0.05, 0.1) is 12.3 Å². The molecule has 1 amide bonds. The molecule has 0 saturated carbocycles. The molecule has 1 aromatic heterocycles. The van der Waals surface area contributed by atoms with Gasteiger partial charge in [-0.15, -0.1) is 0 Å². The zero-order valence-corrected chi connectivity index (χ0v) is 11.4. The largest absolute Gasteiger partial charge is 0.464 e. The molecule has 0 radical (unpaired) electrons. The van der Waals surface area contributed by atoms with E-state index in [0.29, 0.717) is 5.69 Å². The molecule has 0 spiro atoms. The lowest BCUT2D eigenvalue weighted by molar-refractivity contribution is -0.146. The van der Waals surface area contributed by atoms with Crippen LogP contribution in [0.15, 0.2) is 36.9 Å². The van der Waals surface area contributed by atoms with Crippen molar-refractivity contribution >= 4 is 17.6 Å². The molecule has 8 heteroatoms. The number of ether oxygens (including phenoxy) is 1. The van der Waals surface area contributed by atoms with Gasteiger partial charge in [-0.05, 0) is 31.2 Å². The monoisotopic (exact) mass is 289 g/mol. The summed E-state index contributed by atoms with van der Waals surface area (Å²) < 4.78 is 6.27. The molecule has 0 bridgehead atoms. The molecule has 110 valence electrons. The Balaban J connectivity index is 2.00. The zero-order chi connectivity index (χ0) is 15.2. The highest BCUT2D eigenvalue weighted by Crippen LogP contribution is 2.12. The quantitative estimate of drug-likeness (QED) is 0.596. The molecular formula is C13H15N5O3. The summed E-state index contributed by atoms with van der Waals surface area (Å²) in [5.41, 5.74) is 6.80. The van der Waals surface area contributed by atoms with Crippen molar-refractivity contribution in [1.82, 2.24) is 14.8 Å². The van der Waals surface area contributed by atoms with Crippen LogP contribution in [-0.2, 0) is 14.3 Å². The van der Waals surface area contributed by atoms with E-state index in [1.807, 2.05) is 0 Å². The number of anilines is 1. The smallest absolute Gasteiger partial charge is 0.332 e. The van der Waals surface area contributed by atoms with Crippen LogP contribution in [0.3, 0.4) is 0 Å². The van der Waals surface area contributed by atoms with Gasteiger partial charge in [-0.25, -0.2) is 14.5 Å². The Morgan fingerprint density at radius 3 is 2.67 bits per heavy atom. The highest BCUT2D eigenvalue weighted by molar-refractivity contribution is 6.08. The van der Waals surface area contributed by atoms with Gasteiger partial charge in [-0.3, -0.25) is 4.79 Å². The van der Waals surface area contributed by atoms with E-state index < -0.39 is 17.9 Å². The highest BCUT2D eigenvalue weighted by atomic mass is 16.5. The van der Waals surface area contributed by atoms with Crippen molar-refractivity contribution in [3.8, 4) is 5.69 Å². The number of hydrogen-bond donors (Lipinski definition) is 2. The van der Waals surface area contributed by atoms with Crippen LogP contribution in [0, 0.1) is 0 Å². The average molecular weight is 289 g/mol. The highest BCUT2D eigenvalue weighted by Gasteiger charge is 2.23. The van der Waals surface area contributed by atoms with E-state index in [1.54, 1.807) is 42.2 Å². The molecule has 0 fully saturated rings. The number of benzene rings is 1. The van der Waals surface area contributed by atoms with Crippen molar-refractivity contribution in [1.29, 1.82) is 0 Å². The second kappa shape index (κ2) is 6.62. The number of aromatic nitrogens is 3. The fourth-order valence-corrected chi connectivity index (χ4v) is 1.60. The van der Waals surface area contributed by atoms with Gasteiger partial charge < -0.3 is 15.8 Å². The molecule has 0 aliphatic heterocycles. The third kappa shape index (κ3) is 3.63. The van der Waals surface area contributed by atoms with Gasteiger partial charge in [0.2, 0.25) is 0 Å². The van der Waals surface area contributed by atoms with Gasteiger partial charge in [0.15, 0.2) is 6.04 Å². The molecular weight excluding hydrogens is 274 g/mol. The maximum absolute atomic E-state index is 11.8. The number of esters is 1. The maximum atomic E-state index is 11.8. The van der Waals surface area contributed by atoms with Crippen molar-refractivity contribution in [2.24, 2.45) is 5.73 Å². The standard InChI is InChI=1S/C13H15N5O3/c1-2-21-13(20)11(14)12(19)17-9-3-5-10(6-4-9)18-8-15-7-16-18/h3-8,11H,2,14H2,1H3,(H,17,19). The van der Waals surface area contributed by atoms with Gasteiger partial charge in [0, 0.05) is 5.69 Å². The Labute approximate surface area is 120 Å². The van der Waals surface area contributed by atoms with E-state index in [4.69, 9.17) is 5.73 Å². The number of carbonyl (C=O) groups is 2. The lowest BCUT2D eigenvalue weighted by Crippen LogP contribution is -2.43. The molecule has 8 nitrogen and oxygen atoms in total. The Morgan fingerprint density at radius 2 is 2.10 bits per heavy atom. The summed E-state index contributed by atoms with van der Waals surface area (Å²) in [6, 6.07) is 5.50. The number of amides is 1. The number of carbonyl (C=O) groups excluding carboxylic acids is 2. The third-order valence-corrected chi connectivity index (χ3v) is 2.64. The zero-order valence-electron chi connectivity index (χ0n) is 11.4. The minimum atomic E-state index is -1.35. The fourth-order valence-electron chi connectivity index (χ4n) is 1.60. The predicted octanol–water partition coefficient (Wildman–Crippen LogP) is 0.0962. The number of nitrogens with zero attached hydrogens (tertiary/aromatic N) is 3. The van der Waals surface area contributed by atoms with Crippen LogP contribution in [0.1, 0.15) is 6.92 Å². The molecule has 1 atom stereocenters. The Hall–Kier alpha value is -2.74. The van der Waals surface area contributed by atoms with Crippen LogP contribution < -0.4 is 11.1 Å². The average Bonchev–Trinajstić information content (AvgIpc) is 3.01. The summed E-state index contributed by atoms with van der Waals surface area (Å²) in [7, 11) is 0. The summed E-state index contributed by atoms with van der Waals surface area (Å²) >= 11 is 0. The van der Waals surface area contributed by atoms with E-state index in [1.165, 1.54) is 6.33 Å². The summed E-state index contributed by atoms with van der Waals surface area (Å²) in [6.45, 7) is 1.82. The topological polar surface area (TPSA) is 112 Å². The fraction of sp³-hybridized carbons (Fsp3) is 0.231. The molecule has 0 saturated heterocycles. The number of rotatable bonds is 5. The normalized spacial score (nSPS) is 11.7. The molecule has 2 aromatic rings. The SMILES string of the molecule is CCOC(=O)C(N)C(=O)Nc1ccc(-n2cncn2)cc1. The Bertz CT molecular complexity index is 609. The first-order chi connectivity index (χ1) is 10.1. The van der Waals surface area contributed by atoms with Gasteiger partial charge in [-0.1, -0.05) is 0 Å². The maximum Gasteiger partial charge on any atom is 0.332 e. The first kappa shape index (κ1) is 14.7. The summed E-state index contributed by atoms with van der Waals surface area (Å²) in [5.74, 6) is -1.38. The van der Waals surface area contributed by atoms with Crippen LogP contribution in [-0.4, -0.2) is 39.3 Å². The van der Waals surface area contributed by atoms with Crippen LogP contribution >= 0.6 is 0 Å². The Morgan fingerprint density at radius 1 is 1.38 bits per heavy atom. The van der Waals surface area contributed by atoms with Crippen molar-refractivity contribution < 1.29 is 14.3 Å². The minimum Gasteiger partial charge on any atom is -0.464 e. The van der Waals surface area contributed by atoms with Gasteiger partial charge in [0.1, 0.15) is 12.7 Å². The second-order valence-electron chi connectivity index (χ2n) is 4.11. The molecule has 21 heavy (non-hydrogen) atoms. The van der Waals surface area contributed by atoms with Crippen molar-refractivity contribution in [3.05, 3.63) is 36.9 Å². The van der Waals surface area contributed by atoms with Crippen molar-refractivity contribution in [2.75, 3.05) is 11.9 Å². The molecule has 1 heterocycles. The van der Waals surface area contributed by atoms with Crippen LogP contribution in [0.2, 0.25) is 0 Å². The van der Waals surface area contributed by atoms with Crippen LogP contribution in [0.25, 0.3) is 5.69 Å². The molecule has 2 rings (SSSR count). The second-order valence-corrected chi connectivity index (χ2v) is 4.11. The first-order valence-corrected chi connectivity index (χ1v) is 6.30. The number of hydrogen-bond acceptors (Lipinski definition) is 6. The number of nitrogens with one attached hydrogen (secondary N) is 1. The summed E-state index contributed by atoms with van der Waals surface area (Å²) in [6.07, 6.45) is 2.98. The minimum absolute atomic E-state index is 0.173. The third-order valence-electron chi connectivity index (χ3n) is 2.64. The summed E-state index contributed by atoms with van der Waals surface area (Å²) in [5, 5.41) is 6.53. The predicted molar refractivity (Wildman–Crippen MR) is 74.6 cm³/mol. The Kier molecular flexibility index (Phi) is 4.62. The molecule has 3 N–H and O–H groups in total. The molecule has 0 aliphatic carbocycles. The van der Waals surface area contributed by atoms with Crippen molar-refractivity contribution in [2.45, 2.75) is 13.0 Å². The lowest BCUT2D eigenvalue weighted by atomic mass is 10.2. The van der Waals surface area contributed by atoms with E-state index in [2.05, 4.69) is 20.1 Å². The van der Waals surface area contributed by atoms with E-state index >= 15 is 0 Å². The van der Waals surface area contributed by atoms with Crippen LogP contribution in [0.5, 0.6) is 0 Å². The van der Waals surface area contributed by atoms with Gasteiger partial charge >= 0.3 is 5.97 Å². The van der Waals surface area contributed by atoms with Gasteiger partial charge in [0.25, 0.3) is 5.91 Å². The lowest BCUT2D eigenvalue weighted by Gasteiger charge is -2.11. The molecule has 1 aromatic carbocycles. The van der Waals surface area contributed by atoms with Crippen LogP contribution in [0.4, 0.5) is 5.69 Å². The first-order valence-electron chi connectivity index (χ1n) is 6.30. The van der Waals surface area contributed by atoms with E-state index in [0.717, 1.165) is 5.69 Å². The van der Waals surface area contributed by atoms with Gasteiger partial charge in [-0.2, -0.15) is 5.10 Å². The molecule has 1 unspecified atom stereocenters. The van der Waals surface area contributed by atoms with E-state index in [-0.39, 0.29) is 6.61 Å². The number of nitrogens with two attached hydrogens (primary N) is 1. The molecule has 0 aliphatic rings. The van der Waals surface area contributed by atoms with Crippen molar-refractivity contribution in [3.63, 3.8) is 0 Å². The van der Waals surface area contributed by atoms with E-state index in [9.17, 15) is 9.59 Å².